The van der Waals surface area contributed by atoms with Crippen LogP contribution in [0.25, 0.3) is 0 Å². The molecule has 0 aliphatic carbocycles. The molecule has 0 saturated carbocycles. The van der Waals surface area contributed by atoms with Crippen molar-refractivity contribution in [3.63, 3.8) is 0 Å². The zero-order valence-corrected chi connectivity index (χ0v) is 9.42. The molecule has 7 heteroatoms. The van der Waals surface area contributed by atoms with E-state index in [2.05, 4.69) is 4.74 Å². The van der Waals surface area contributed by atoms with E-state index in [0.717, 1.165) is 12.1 Å². The zero-order valence-electron chi connectivity index (χ0n) is 9.42. The average molecular weight is 255 g/mol. The van der Waals surface area contributed by atoms with Gasteiger partial charge in [-0.15, -0.1) is 0 Å². The van der Waals surface area contributed by atoms with Gasteiger partial charge in [0.15, 0.2) is 0 Å². The Balaban J connectivity index is 2.34. The molecule has 96 valence electrons. The molecule has 1 atom stereocenters. The Labute approximate surface area is 101 Å². The standard InChI is InChI=1S/C11H10FNO5/c1-2-17-11(15)9-10(14)13(16)7-5-6(12)3-4-8(7)18-9/h3-5,9,16H,2H2,1H3. The molecule has 0 aromatic heterocycles. The van der Waals surface area contributed by atoms with E-state index in [-0.39, 0.29) is 23.1 Å². The van der Waals surface area contributed by atoms with E-state index in [4.69, 9.17) is 4.74 Å². The van der Waals surface area contributed by atoms with E-state index in [0.29, 0.717) is 0 Å². The number of halogens is 1. The molecular formula is C11H10FNO5. The maximum atomic E-state index is 13.0. The summed E-state index contributed by atoms with van der Waals surface area (Å²) in [6.45, 7) is 1.65. The Bertz CT molecular complexity index is 504. The summed E-state index contributed by atoms with van der Waals surface area (Å²) < 4.78 is 22.7. The lowest BCUT2D eigenvalue weighted by molar-refractivity contribution is -0.157. The number of nitrogens with zero attached hydrogens (tertiary/aromatic N) is 1. The number of hydrogen-bond donors (Lipinski definition) is 1. The molecule has 0 fully saturated rings. The Morgan fingerprint density at radius 1 is 1.61 bits per heavy atom. The van der Waals surface area contributed by atoms with Gasteiger partial charge in [-0.2, -0.15) is 5.06 Å². The number of hydrogen-bond acceptors (Lipinski definition) is 5. The highest BCUT2D eigenvalue weighted by molar-refractivity contribution is 6.09. The first-order valence-electron chi connectivity index (χ1n) is 5.20. The SMILES string of the molecule is CCOC(=O)C1Oc2ccc(F)cc2N(O)C1=O. The maximum Gasteiger partial charge on any atom is 0.357 e. The predicted molar refractivity (Wildman–Crippen MR) is 56.7 cm³/mol. The van der Waals surface area contributed by atoms with E-state index in [9.17, 15) is 19.2 Å². The second kappa shape index (κ2) is 4.61. The molecule has 1 aliphatic heterocycles. The summed E-state index contributed by atoms with van der Waals surface area (Å²) in [6, 6.07) is 3.23. The molecule has 18 heavy (non-hydrogen) atoms. The fourth-order valence-corrected chi connectivity index (χ4v) is 1.53. The molecule has 1 aromatic rings. The van der Waals surface area contributed by atoms with E-state index in [1.165, 1.54) is 6.07 Å². The van der Waals surface area contributed by atoms with Crippen molar-refractivity contribution in [3.05, 3.63) is 24.0 Å². The second-order valence-electron chi connectivity index (χ2n) is 3.51. The number of esters is 1. The van der Waals surface area contributed by atoms with Gasteiger partial charge < -0.3 is 9.47 Å². The van der Waals surface area contributed by atoms with Gasteiger partial charge >= 0.3 is 11.9 Å². The quantitative estimate of drug-likeness (QED) is 0.482. The summed E-state index contributed by atoms with van der Waals surface area (Å²) in [6.07, 6.45) is -1.58. The van der Waals surface area contributed by atoms with Gasteiger partial charge in [-0.1, -0.05) is 0 Å². The zero-order chi connectivity index (χ0) is 13.3. The van der Waals surface area contributed by atoms with Crippen LogP contribution in [0.1, 0.15) is 6.92 Å². The molecule has 1 amide bonds. The normalized spacial score (nSPS) is 18.1. The number of amides is 1. The third-order valence-corrected chi connectivity index (χ3v) is 2.33. The lowest BCUT2D eigenvalue weighted by Gasteiger charge is -2.28. The van der Waals surface area contributed by atoms with Crippen LogP contribution in [0.2, 0.25) is 0 Å². The minimum Gasteiger partial charge on any atom is -0.466 e. The molecule has 0 saturated heterocycles. The summed E-state index contributed by atoms with van der Waals surface area (Å²) in [5, 5.41) is 9.76. The van der Waals surface area contributed by atoms with Gasteiger partial charge in [0.2, 0.25) is 0 Å². The number of carbonyl (C=O) groups excluding carboxylic acids is 2. The fraction of sp³-hybridized carbons (Fsp3) is 0.273. The molecule has 1 unspecified atom stereocenters. The van der Waals surface area contributed by atoms with Gasteiger partial charge in [-0.05, 0) is 19.1 Å². The van der Waals surface area contributed by atoms with Crippen molar-refractivity contribution >= 4 is 17.6 Å². The van der Waals surface area contributed by atoms with Crippen LogP contribution >= 0.6 is 0 Å². The number of ether oxygens (including phenoxy) is 2. The van der Waals surface area contributed by atoms with E-state index >= 15 is 0 Å². The first-order chi connectivity index (χ1) is 8.54. The second-order valence-corrected chi connectivity index (χ2v) is 3.51. The minimum absolute atomic E-state index is 0.0246. The Morgan fingerprint density at radius 2 is 2.33 bits per heavy atom. The highest BCUT2D eigenvalue weighted by Crippen LogP contribution is 2.33. The van der Waals surface area contributed by atoms with Crippen LogP contribution in [-0.2, 0) is 14.3 Å². The average Bonchev–Trinajstić information content (AvgIpc) is 2.34. The molecule has 2 rings (SSSR count). The van der Waals surface area contributed by atoms with Crippen molar-refractivity contribution in [2.75, 3.05) is 11.7 Å². The smallest absolute Gasteiger partial charge is 0.357 e. The van der Waals surface area contributed by atoms with Crippen LogP contribution in [0.4, 0.5) is 10.1 Å². The van der Waals surface area contributed by atoms with Crippen molar-refractivity contribution < 1.29 is 28.7 Å². The topological polar surface area (TPSA) is 76.1 Å². The molecule has 1 aromatic carbocycles. The number of anilines is 1. The van der Waals surface area contributed by atoms with Crippen molar-refractivity contribution in [3.8, 4) is 5.75 Å². The van der Waals surface area contributed by atoms with E-state index in [1.54, 1.807) is 6.92 Å². The molecule has 0 radical (unpaired) electrons. The molecule has 1 N–H and O–H groups in total. The van der Waals surface area contributed by atoms with Crippen LogP contribution in [-0.4, -0.2) is 29.8 Å². The number of carbonyl (C=O) groups is 2. The number of fused-ring (bicyclic) bond motifs is 1. The van der Waals surface area contributed by atoms with Crippen molar-refractivity contribution in [2.24, 2.45) is 0 Å². The summed E-state index contributed by atoms with van der Waals surface area (Å²) in [5.74, 6) is -2.54. The lowest BCUT2D eigenvalue weighted by Crippen LogP contribution is -2.49. The van der Waals surface area contributed by atoms with Crippen LogP contribution < -0.4 is 9.80 Å². The maximum absolute atomic E-state index is 13.0. The van der Waals surface area contributed by atoms with Gasteiger partial charge in [0.1, 0.15) is 17.3 Å². The molecule has 6 nitrogen and oxygen atoms in total. The summed E-state index contributed by atoms with van der Waals surface area (Å²) >= 11 is 0. The van der Waals surface area contributed by atoms with Crippen LogP contribution in [0.15, 0.2) is 18.2 Å². The third-order valence-electron chi connectivity index (χ3n) is 2.33. The first-order valence-corrected chi connectivity index (χ1v) is 5.20. The fourth-order valence-electron chi connectivity index (χ4n) is 1.53. The Morgan fingerprint density at radius 3 is 3.00 bits per heavy atom. The van der Waals surface area contributed by atoms with Gasteiger partial charge in [0.05, 0.1) is 6.61 Å². The Kier molecular flexibility index (Phi) is 3.15. The predicted octanol–water partition coefficient (Wildman–Crippen LogP) is 0.872. The molecule has 0 bridgehead atoms. The number of rotatable bonds is 2. The summed E-state index contributed by atoms with van der Waals surface area (Å²) in [4.78, 5) is 23.1. The van der Waals surface area contributed by atoms with Gasteiger partial charge in [0, 0.05) is 6.07 Å². The largest absolute Gasteiger partial charge is 0.466 e. The monoisotopic (exact) mass is 255 g/mol. The van der Waals surface area contributed by atoms with E-state index in [1.807, 2.05) is 0 Å². The van der Waals surface area contributed by atoms with Crippen LogP contribution in [0.5, 0.6) is 5.75 Å². The lowest BCUT2D eigenvalue weighted by atomic mass is 10.2. The third kappa shape index (κ3) is 2.00. The van der Waals surface area contributed by atoms with Crippen LogP contribution in [0.3, 0.4) is 0 Å². The number of hydroxylamine groups is 1. The van der Waals surface area contributed by atoms with Crippen molar-refractivity contribution in [1.29, 1.82) is 0 Å². The number of benzene rings is 1. The summed E-state index contributed by atoms with van der Waals surface area (Å²) in [7, 11) is 0. The van der Waals surface area contributed by atoms with E-state index < -0.39 is 23.8 Å². The first kappa shape index (κ1) is 12.3. The minimum atomic E-state index is -1.58. The van der Waals surface area contributed by atoms with Gasteiger partial charge in [-0.25, -0.2) is 9.18 Å². The van der Waals surface area contributed by atoms with Crippen LogP contribution in [0, 0.1) is 5.82 Å². The highest BCUT2D eigenvalue weighted by Gasteiger charge is 2.40. The molecular weight excluding hydrogens is 245 g/mol. The van der Waals surface area contributed by atoms with Crippen molar-refractivity contribution in [1.82, 2.24) is 0 Å². The Hall–Kier alpha value is -2.15. The van der Waals surface area contributed by atoms with Gasteiger partial charge in [0.25, 0.3) is 6.10 Å². The summed E-state index contributed by atoms with van der Waals surface area (Å²) in [5.41, 5.74) is -0.152. The molecule has 1 heterocycles. The van der Waals surface area contributed by atoms with Crippen molar-refractivity contribution in [2.45, 2.75) is 13.0 Å². The highest BCUT2D eigenvalue weighted by atomic mass is 19.1. The molecule has 0 spiro atoms. The molecule has 1 aliphatic rings. The van der Waals surface area contributed by atoms with Gasteiger partial charge in [-0.3, -0.25) is 10.0 Å².